The van der Waals surface area contributed by atoms with Gasteiger partial charge in [-0.2, -0.15) is 0 Å². The second-order valence-electron chi connectivity index (χ2n) is 12.2. The first-order valence-corrected chi connectivity index (χ1v) is 20.0. The lowest BCUT2D eigenvalue weighted by molar-refractivity contribution is -0.145. The molecule has 0 fully saturated rings. The molecule has 0 saturated carbocycles. The molecule has 6 rings (SSSR count). The topological polar surface area (TPSA) is 186 Å². The Kier molecular flexibility index (Phi) is 21.0. The van der Waals surface area contributed by atoms with E-state index in [4.69, 9.17) is 114 Å². The summed E-state index contributed by atoms with van der Waals surface area (Å²) >= 11 is 29.8. The van der Waals surface area contributed by atoms with E-state index in [1.165, 1.54) is 32.4 Å². The molecule has 0 aliphatic rings. The zero-order chi connectivity index (χ0) is 45.8. The highest BCUT2D eigenvalue weighted by Gasteiger charge is 2.13. The van der Waals surface area contributed by atoms with E-state index in [0.29, 0.717) is 74.1 Å². The van der Waals surface area contributed by atoms with Crippen molar-refractivity contribution in [2.45, 2.75) is 13.5 Å². The maximum Gasteiger partial charge on any atom is 0.344 e. The number of halogens is 6. The normalized spacial score (nSPS) is 9.97. The number of hydrogen-bond acceptors (Lipinski definition) is 12. The molecule has 8 N–H and O–H groups in total. The number of ether oxygens (including phenoxy) is 7. The fraction of sp³-hybridized carbons (Fsp3) is 0.159. The van der Waals surface area contributed by atoms with Gasteiger partial charge in [-0.25, -0.2) is 9.18 Å². The van der Waals surface area contributed by atoms with E-state index in [1.54, 1.807) is 38.3 Å². The van der Waals surface area contributed by atoms with Gasteiger partial charge < -0.3 is 56.1 Å². The van der Waals surface area contributed by atoms with Gasteiger partial charge in [0.15, 0.2) is 29.7 Å². The van der Waals surface area contributed by atoms with Crippen LogP contribution in [0.1, 0.15) is 12.5 Å². The highest BCUT2D eigenvalue weighted by molar-refractivity contribution is 6.38. The van der Waals surface area contributed by atoms with Crippen molar-refractivity contribution in [3.05, 3.63) is 146 Å². The highest BCUT2D eigenvalue weighted by Crippen LogP contribution is 2.39. The number of carbonyl (C=O) groups excluding carboxylic acids is 1. The smallest absolute Gasteiger partial charge is 0.344 e. The summed E-state index contributed by atoms with van der Waals surface area (Å²) in [5.41, 5.74) is 25.1. The molecule has 0 aliphatic heterocycles. The molecule has 0 aliphatic carbocycles. The van der Waals surface area contributed by atoms with Gasteiger partial charge in [0.05, 0.1) is 64.4 Å². The highest BCUT2D eigenvalue weighted by atomic mass is 35.5. The molecule has 62 heavy (non-hydrogen) atoms. The molecule has 18 heteroatoms. The lowest BCUT2D eigenvalue weighted by atomic mass is 10.2. The van der Waals surface area contributed by atoms with Crippen LogP contribution < -0.4 is 51.4 Å². The van der Waals surface area contributed by atoms with Crippen molar-refractivity contribution in [3.63, 3.8) is 0 Å². The number of carbonyl (C=O) groups is 1. The molecule has 0 aromatic heterocycles. The number of rotatable bonds is 12. The van der Waals surface area contributed by atoms with E-state index in [2.05, 4.69) is 0 Å². The molecule has 330 valence electrons. The third kappa shape index (κ3) is 16.2. The number of methoxy groups -OCH3 is 3. The minimum absolute atomic E-state index is 0.126. The van der Waals surface area contributed by atoms with Gasteiger partial charge in [0.1, 0.15) is 29.6 Å². The van der Waals surface area contributed by atoms with Crippen LogP contribution in [0, 0.1) is 5.82 Å². The summed E-state index contributed by atoms with van der Waals surface area (Å²) in [7, 11) is 4.40. The summed E-state index contributed by atoms with van der Waals surface area (Å²) in [5.74, 6) is 2.01. The van der Waals surface area contributed by atoms with E-state index >= 15 is 0 Å². The van der Waals surface area contributed by atoms with Crippen molar-refractivity contribution >= 4 is 86.7 Å². The fourth-order valence-electron chi connectivity index (χ4n) is 4.79. The second-order valence-corrected chi connectivity index (χ2v) is 14.2. The Labute approximate surface area is 384 Å². The number of nitrogens with two attached hydrogens (primary N) is 4. The largest absolute Gasteiger partial charge is 0.494 e. The van der Waals surface area contributed by atoms with E-state index in [9.17, 15) is 9.18 Å². The summed E-state index contributed by atoms with van der Waals surface area (Å²) in [4.78, 5) is 11.0. The van der Waals surface area contributed by atoms with Gasteiger partial charge in [-0.1, -0.05) is 107 Å². The maximum atomic E-state index is 12.9. The van der Waals surface area contributed by atoms with Crippen LogP contribution in [0.3, 0.4) is 0 Å². The number of nitrogen functional groups attached to an aromatic ring is 4. The third-order valence-corrected chi connectivity index (χ3v) is 9.09. The zero-order valence-electron chi connectivity index (χ0n) is 33.9. The molecule has 12 nitrogen and oxygen atoms in total. The Balaban J connectivity index is 0.000000222. The quantitative estimate of drug-likeness (QED) is 0.0673. The lowest BCUT2D eigenvalue weighted by Crippen LogP contribution is -2.14. The Hall–Kier alpha value is -5.83. The van der Waals surface area contributed by atoms with Crippen molar-refractivity contribution in [3.8, 4) is 40.2 Å². The maximum absolute atomic E-state index is 12.9. The van der Waals surface area contributed by atoms with Gasteiger partial charge in [-0.05, 0) is 55.0 Å². The average Bonchev–Trinajstić information content (AvgIpc) is 3.23. The summed E-state index contributed by atoms with van der Waals surface area (Å²) in [5, 5.41) is 1.79. The summed E-state index contributed by atoms with van der Waals surface area (Å²) in [6.45, 7) is 2.22. The van der Waals surface area contributed by atoms with Crippen molar-refractivity contribution in [2.75, 3.05) is 57.5 Å². The standard InChI is InChI=1S/C14H14ClNO2.C12H9Cl2NO.C10H11Cl2NO3.C8H10FNO2/c1-17-14-8-13(11(15)7-12(14)16)18-9-10-5-3-2-4-6-10;13-10-6-8(15)7-11(14)12(10)16-9-4-2-1-3-5-9;1-2-15-9(14)5-16-10-7(11)3-6(13)4-8(10)12;1-11-7-4-8(12-2)6(10)3-5(7)9/h2-8H,9,16H2,1H3;1-7H,15H2;3-4H,2,5,13H2,1H3;3-4H,10H2,1-2H3. The number of para-hydroxylation sites is 1. The van der Waals surface area contributed by atoms with Crippen molar-refractivity contribution in [2.24, 2.45) is 0 Å². The van der Waals surface area contributed by atoms with Gasteiger partial charge in [0, 0.05) is 29.6 Å². The van der Waals surface area contributed by atoms with E-state index in [0.717, 1.165) is 11.6 Å². The van der Waals surface area contributed by atoms with E-state index < -0.39 is 11.8 Å². The number of anilines is 4. The van der Waals surface area contributed by atoms with E-state index in [-0.39, 0.29) is 33.8 Å². The van der Waals surface area contributed by atoms with Crippen molar-refractivity contribution in [1.82, 2.24) is 0 Å². The van der Waals surface area contributed by atoms with Crippen molar-refractivity contribution < 1.29 is 42.3 Å². The van der Waals surface area contributed by atoms with Crippen LogP contribution in [0.15, 0.2) is 109 Å². The SMILES string of the molecule is CCOC(=O)COc1c(Cl)cc(N)cc1Cl.COc1cc(OC)c(F)cc1N.COc1cc(OCc2ccccc2)c(Cl)cc1N.Nc1cc(Cl)c(Oc2ccccc2)c(Cl)c1. The van der Waals surface area contributed by atoms with Crippen LogP contribution in [0.25, 0.3) is 0 Å². The van der Waals surface area contributed by atoms with Gasteiger partial charge in [0.25, 0.3) is 0 Å². The van der Waals surface area contributed by atoms with Gasteiger partial charge in [-0.15, -0.1) is 0 Å². The molecular formula is C44H44Cl5FN4O8. The Morgan fingerprint density at radius 3 is 1.53 bits per heavy atom. The first kappa shape index (κ1) is 50.5. The zero-order valence-corrected chi connectivity index (χ0v) is 37.6. The molecule has 0 amide bonds. The predicted molar refractivity (Wildman–Crippen MR) is 247 cm³/mol. The average molecular weight is 953 g/mol. The number of benzene rings is 6. The van der Waals surface area contributed by atoms with Crippen LogP contribution in [0.5, 0.6) is 40.2 Å². The second kappa shape index (κ2) is 25.8. The van der Waals surface area contributed by atoms with Crippen LogP contribution >= 0.6 is 58.0 Å². The molecule has 0 heterocycles. The van der Waals surface area contributed by atoms with Crippen LogP contribution in [0.4, 0.5) is 27.1 Å². The summed E-state index contributed by atoms with van der Waals surface area (Å²) in [6, 6.07) is 31.2. The molecular weight excluding hydrogens is 909 g/mol. The Morgan fingerprint density at radius 2 is 1.03 bits per heavy atom. The lowest BCUT2D eigenvalue weighted by Gasteiger charge is -2.11. The van der Waals surface area contributed by atoms with Crippen LogP contribution in [-0.4, -0.2) is 40.5 Å². The molecule has 0 saturated heterocycles. The fourth-order valence-corrected chi connectivity index (χ4v) is 6.21. The summed E-state index contributed by atoms with van der Waals surface area (Å²) < 4.78 is 48.7. The monoisotopic (exact) mass is 950 g/mol. The third-order valence-electron chi connectivity index (χ3n) is 7.67. The van der Waals surface area contributed by atoms with Crippen LogP contribution in [-0.2, 0) is 16.1 Å². The Bertz CT molecular complexity index is 2300. The molecule has 0 atom stereocenters. The summed E-state index contributed by atoms with van der Waals surface area (Å²) in [6.07, 6.45) is 0. The van der Waals surface area contributed by atoms with Crippen LogP contribution in [0.2, 0.25) is 25.1 Å². The molecule has 6 aromatic carbocycles. The minimum Gasteiger partial charge on any atom is -0.494 e. The van der Waals surface area contributed by atoms with Gasteiger partial charge in [-0.3, -0.25) is 0 Å². The first-order valence-electron chi connectivity index (χ1n) is 18.1. The van der Waals surface area contributed by atoms with Crippen molar-refractivity contribution in [1.29, 1.82) is 0 Å². The molecule has 0 bridgehead atoms. The van der Waals surface area contributed by atoms with Gasteiger partial charge >= 0.3 is 5.97 Å². The van der Waals surface area contributed by atoms with E-state index in [1.807, 2.05) is 60.7 Å². The number of hydrogen-bond donors (Lipinski definition) is 4. The molecule has 6 aromatic rings. The van der Waals surface area contributed by atoms with Gasteiger partial charge in [0.2, 0.25) is 0 Å². The predicted octanol–water partition coefficient (Wildman–Crippen LogP) is 11.8. The Morgan fingerprint density at radius 1 is 0.565 bits per heavy atom. The molecule has 0 radical (unpaired) electrons. The first-order chi connectivity index (χ1) is 29.6. The minimum atomic E-state index is -0.490. The number of esters is 1. The molecule has 0 spiro atoms. The molecule has 0 unspecified atom stereocenters.